The number of fused-ring (bicyclic) bond motifs is 1. The number of nitrogens with zero attached hydrogens (tertiary/aromatic N) is 1. The third-order valence-corrected chi connectivity index (χ3v) is 5.06. The summed E-state index contributed by atoms with van der Waals surface area (Å²) >= 11 is 0. The summed E-state index contributed by atoms with van der Waals surface area (Å²) < 4.78 is 22.0. The molecule has 0 N–H and O–H groups in total. The summed E-state index contributed by atoms with van der Waals surface area (Å²) in [6.07, 6.45) is 3.43. The van der Waals surface area contributed by atoms with Crippen LogP contribution in [-0.2, 0) is 0 Å². The Labute approximate surface area is 202 Å². The van der Waals surface area contributed by atoms with Gasteiger partial charge in [-0.2, -0.15) is 0 Å². The van der Waals surface area contributed by atoms with Gasteiger partial charge in [0.15, 0.2) is 0 Å². The van der Waals surface area contributed by atoms with E-state index in [1.165, 1.54) is 6.07 Å². The first kappa shape index (κ1) is 23.8. The maximum Gasteiger partial charge on any atom is 0.347 e. The molecule has 0 unspecified atom stereocenters. The van der Waals surface area contributed by atoms with Crippen LogP contribution in [0.4, 0.5) is 0 Å². The number of rotatable bonds is 10. The van der Waals surface area contributed by atoms with Crippen molar-refractivity contribution in [1.82, 2.24) is 4.98 Å². The molecule has 4 aromatic rings. The molecule has 0 bridgehead atoms. The quantitative estimate of drug-likeness (QED) is 0.125. The molecular weight excluding hydrogens is 446 g/mol. The fraction of sp³-hybridized carbons (Fsp3) is 0.179. The third kappa shape index (κ3) is 5.95. The Balaban J connectivity index is 1.49. The van der Waals surface area contributed by atoms with E-state index in [0.717, 1.165) is 12.8 Å². The molecule has 0 spiro atoms. The zero-order valence-electron chi connectivity index (χ0n) is 19.4. The summed E-state index contributed by atoms with van der Waals surface area (Å²) in [5.41, 5.74) is 0.861. The first-order valence-corrected chi connectivity index (χ1v) is 11.3. The Morgan fingerprint density at radius 2 is 1.60 bits per heavy atom. The van der Waals surface area contributed by atoms with Gasteiger partial charge < -0.3 is 18.6 Å². The van der Waals surface area contributed by atoms with E-state index < -0.39 is 11.6 Å². The molecule has 3 aromatic carbocycles. The monoisotopic (exact) mass is 471 g/mol. The second-order valence-electron chi connectivity index (χ2n) is 7.70. The number of carbonyl (C=O) groups is 1. The minimum absolute atomic E-state index is 0.190. The average Bonchev–Trinajstić information content (AvgIpc) is 2.88. The normalized spacial score (nSPS) is 10.7. The van der Waals surface area contributed by atoms with Gasteiger partial charge >= 0.3 is 11.6 Å². The lowest BCUT2D eigenvalue weighted by molar-refractivity contribution is 0.0735. The average molecular weight is 472 g/mol. The van der Waals surface area contributed by atoms with Crippen LogP contribution in [0.15, 0.2) is 88.6 Å². The Hall–Kier alpha value is -4.39. The smallest absolute Gasteiger partial charge is 0.347 e. The van der Waals surface area contributed by atoms with Crippen LogP contribution in [-0.4, -0.2) is 24.2 Å². The van der Waals surface area contributed by atoms with E-state index in [0.29, 0.717) is 41.4 Å². The van der Waals surface area contributed by atoms with Crippen LogP contribution in [0.5, 0.6) is 17.2 Å². The summed E-state index contributed by atoms with van der Waals surface area (Å²) in [5, 5.41) is 0.215. The molecule has 4 rings (SSSR count). The predicted octanol–water partition coefficient (Wildman–Crippen LogP) is 5.82. The number of hydrogen-bond donors (Lipinski definition) is 0. The van der Waals surface area contributed by atoms with E-state index in [1.54, 1.807) is 66.7 Å². The Morgan fingerprint density at radius 1 is 0.943 bits per heavy atom. The summed E-state index contributed by atoms with van der Waals surface area (Å²) in [6, 6.07) is 18.5. The molecule has 1 aromatic heterocycles. The van der Waals surface area contributed by atoms with Crippen LogP contribution in [0.3, 0.4) is 0 Å². The van der Waals surface area contributed by atoms with Crippen LogP contribution in [0.25, 0.3) is 22.4 Å². The SMILES string of the molecule is C=CCCOc1ccc(-c2nc3ccc(OC(=O)c4ccc(OCCC)cc4)cc3c(=O)o2)cc1. The van der Waals surface area contributed by atoms with Gasteiger partial charge in [0.1, 0.15) is 17.2 Å². The van der Waals surface area contributed by atoms with Gasteiger partial charge in [-0.25, -0.2) is 14.6 Å². The maximum absolute atomic E-state index is 12.7. The van der Waals surface area contributed by atoms with Gasteiger partial charge in [-0.1, -0.05) is 13.0 Å². The first-order chi connectivity index (χ1) is 17.1. The molecule has 7 heteroatoms. The Bertz CT molecular complexity index is 1370. The summed E-state index contributed by atoms with van der Waals surface area (Å²) in [6.45, 7) is 6.83. The highest BCUT2D eigenvalue weighted by Gasteiger charge is 2.13. The number of benzene rings is 3. The van der Waals surface area contributed by atoms with Crippen molar-refractivity contribution < 1.29 is 23.4 Å². The summed E-state index contributed by atoms with van der Waals surface area (Å²) in [4.78, 5) is 29.6. The molecule has 1 heterocycles. The molecule has 0 saturated carbocycles. The number of ether oxygens (including phenoxy) is 3. The maximum atomic E-state index is 12.7. The number of esters is 1. The number of aromatic nitrogens is 1. The molecule has 0 saturated heterocycles. The standard InChI is InChI=1S/C28H25NO6/c1-3-5-17-33-22-10-6-19(7-11-22)26-29-25-15-14-23(18-24(25)28(31)35-26)34-27(30)20-8-12-21(13-9-20)32-16-4-2/h3,6-15,18H,1,4-5,16-17H2,2H3. The molecule has 0 fully saturated rings. The Morgan fingerprint density at radius 3 is 2.29 bits per heavy atom. The van der Waals surface area contributed by atoms with Crippen molar-refractivity contribution in [2.75, 3.05) is 13.2 Å². The predicted molar refractivity (Wildman–Crippen MR) is 133 cm³/mol. The van der Waals surface area contributed by atoms with Crippen molar-refractivity contribution in [1.29, 1.82) is 0 Å². The topological polar surface area (TPSA) is 87.9 Å². The van der Waals surface area contributed by atoms with Gasteiger partial charge in [-0.15, -0.1) is 6.58 Å². The second-order valence-corrected chi connectivity index (χ2v) is 7.70. The number of carbonyl (C=O) groups excluding carboxylic acids is 1. The van der Waals surface area contributed by atoms with Crippen LogP contribution in [0.1, 0.15) is 30.1 Å². The van der Waals surface area contributed by atoms with Gasteiger partial charge in [-0.05, 0) is 79.6 Å². The zero-order valence-corrected chi connectivity index (χ0v) is 19.4. The minimum atomic E-state index is -0.577. The first-order valence-electron chi connectivity index (χ1n) is 11.3. The van der Waals surface area contributed by atoms with Crippen LogP contribution < -0.4 is 19.8 Å². The molecular formula is C28H25NO6. The fourth-order valence-electron chi connectivity index (χ4n) is 3.27. The lowest BCUT2D eigenvalue weighted by Gasteiger charge is -2.08. The fourth-order valence-corrected chi connectivity index (χ4v) is 3.27. The molecule has 0 atom stereocenters. The lowest BCUT2D eigenvalue weighted by Crippen LogP contribution is -2.09. The third-order valence-electron chi connectivity index (χ3n) is 5.06. The van der Waals surface area contributed by atoms with Crippen molar-refractivity contribution in [3.63, 3.8) is 0 Å². The van der Waals surface area contributed by atoms with Crippen molar-refractivity contribution >= 4 is 16.9 Å². The van der Waals surface area contributed by atoms with Gasteiger partial charge in [-0.3, -0.25) is 0 Å². The molecule has 0 radical (unpaired) electrons. The van der Waals surface area contributed by atoms with E-state index in [9.17, 15) is 9.59 Å². The van der Waals surface area contributed by atoms with Crippen LogP contribution in [0.2, 0.25) is 0 Å². The van der Waals surface area contributed by atoms with Gasteiger partial charge in [0.05, 0.1) is 29.7 Å². The Kier molecular flexibility index (Phi) is 7.57. The summed E-state index contributed by atoms with van der Waals surface area (Å²) in [7, 11) is 0. The van der Waals surface area contributed by atoms with Gasteiger partial charge in [0, 0.05) is 5.56 Å². The zero-order chi connectivity index (χ0) is 24.6. The van der Waals surface area contributed by atoms with Crippen molar-refractivity contribution in [2.45, 2.75) is 19.8 Å². The van der Waals surface area contributed by atoms with Crippen molar-refractivity contribution in [3.05, 3.63) is 95.4 Å². The molecule has 0 aliphatic heterocycles. The van der Waals surface area contributed by atoms with E-state index >= 15 is 0 Å². The highest BCUT2D eigenvalue weighted by atomic mass is 16.5. The molecule has 0 aliphatic carbocycles. The highest BCUT2D eigenvalue weighted by Crippen LogP contribution is 2.24. The van der Waals surface area contributed by atoms with E-state index in [-0.39, 0.29) is 17.0 Å². The molecule has 7 nitrogen and oxygen atoms in total. The summed E-state index contributed by atoms with van der Waals surface area (Å²) in [5.74, 6) is 1.25. The lowest BCUT2D eigenvalue weighted by atomic mass is 10.2. The van der Waals surface area contributed by atoms with E-state index in [1.807, 2.05) is 6.92 Å². The van der Waals surface area contributed by atoms with Gasteiger partial charge in [0.25, 0.3) is 0 Å². The molecule has 35 heavy (non-hydrogen) atoms. The molecule has 0 aliphatic rings. The minimum Gasteiger partial charge on any atom is -0.494 e. The second kappa shape index (κ2) is 11.2. The van der Waals surface area contributed by atoms with Crippen molar-refractivity contribution in [2.24, 2.45) is 0 Å². The molecule has 0 amide bonds. The molecule has 178 valence electrons. The number of hydrogen-bond acceptors (Lipinski definition) is 7. The highest BCUT2D eigenvalue weighted by molar-refractivity contribution is 5.92. The van der Waals surface area contributed by atoms with E-state index in [2.05, 4.69) is 11.6 Å². The van der Waals surface area contributed by atoms with E-state index in [4.69, 9.17) is 18.6 Å². The largest absolute Gasteiger partial charge is 0.494 e. The van der Waals surface area contributed by atoms with Gasteiger partial charge in [0.2, 0.25) is 5.89 Å². The van der Waals surface area contributed by atoms with Crippen LogP contribution in [0, 0.1) is 0 Å². The van der Waals surface area contributed by atoms with Crippen molar-refractivity contribution in [3.8, 4) is 28.7 Å². The van der Waals surface area contributed by atoms with Crippen LogP contribution >= 0.6 is 0 Å².